The van der Waals surface area contributed by atoms with Crippen LogP contribution in [0.15, 0.2) is 25.0 Å². The van der Waals surface area contributed by atoms with Gasteiger partial charge in [0.05, 0.1) is 13.4 Å². The number of methoxy groups -OCH3 is 1. The highest BCUT2D eigenvalue weighted by Gasteiger charge is 1.89. The van der Waals surface area contributed by atoms with Gasteiger partial charge in [0.2, 0.25) is 0 Å². The summed E-state index contributed by atoms with van der Waals surface area (Å²) < 4.78 is 9.13. The second kappa shape index (κ2) is 5.88. The summed E-state index contributed by atoms with van der Waals surface area (Å²) in [6.45, 7) is 3.45. The molecule has 0 aliphatic carbocycles. The minimum atomic E-state index is -0.430. The number of esters is 1. The molecule has 0 saturated carbocycles. The SMILES string of the molecule is C=CC(=O)OCC=COC. The van der Waals surface area contributed by atoms with E-state index in [4.69, 9.17) is 0 Å². The molecule has 0 aliphatic heterocycles. The zero-order chi connectivity index (χ0) is 7.82. The average Bonchev–Trinajstić information content (AvgIpc) is 1.98. The van der Waals surface area contributed by atoms with Crippen LogP contribution in [0.2, 0.25) is 0 Å². The van der Waals surface area contributed by atoms with Crippen LogP contribution in [0, 0.1) is 0 Å². The third-order valence-electron chi connectivity index (χ3n) is 0.721. The summed E-state index contributed by atoms with van der Waals surface area (Å²) >= 11 is 0. The Hall–Kier alpha value is -1.25. The summed E-state index contributed by atoms with van der Waals surface area (Å²) in [4.78, 5) is 10.4. The van der Waals surface area contributed by atoms with E-state index in [1.165, 1.54) is 13.4 Å². The molecule has 0 rings (SSSR count). The van der Waals surface area contributed by atoms with E-state index in [0.29, 0.717) is 0 Å². The Morgan fingerprint density at radius 1 is 1.70 bits per heavy atom. The molecule has 0 saturated heterocycles. The maximum atomic E-state index is 10.4. The number of carbonyl (C=O) groups is 1. The van der Waals surface area contributed by atoms with Crippen molar-refractivity contribution in [3.8, 4) is 0 Å². The largest absolute Gasteiger partial charge is 0.505 e. The predicted octanol–water partition coefficient (Wildman–Crippen LogP) is 0.876. The Bertz CT molecular complexity index is 138. The molecule has 56 valence electrons. The minimum Gasteiger partial charge on any atom is -0.505 e. The third-order valence-corrected chi connectivity index (χ3v) is 0.721. The first-order valence-corrected chi connectivity index (χ1v) is 2.78. The van der Waals surface area contributed by atoms with Gasteiger partial charge in [-0.05, 0) is 6.08 Å². The van der Waals surface area contributed by atoms with Crippen LogP contribution in [0.3, 0.4) is 0 Å². The standard InChI is InChI=1S/C7H10O3/c1-3-7(8)10-6-4-5-9-2/h3-5H,1,6H2,2H3. The molecule has 3 heteroatoms. The van der Waals surface area contributed by atoms with Crippen molar-refractivity contribution in [2.24, 2.45) is 0 Å². The number of hydrogen-bond donors (Lipinski definition) is 0. The maximum absolute atomic E-state index is 10.4. The molecule has 0 atom stereocenters. The van der Waals surface area contributed by atoms with Crippen molar-refractivity contribution in [2.45, 2.75) is 0 Å². The van der Waals surface area contributed by atoms with E-state index in [-0.39, 0.29) is 6.61 Å². The molecular weight excluding hydrogens is 132 g/mol. The Kier molecular flexibility index (Phi) is 5.14. The highest BCUT2D eigenvalue weighted by atomic mass is 16.5. The molecule has 0 radical (unpaired) electrons. The smallest absolute Gasteiger partial charge is 0.330 e. The Morgan fingerprint density at radius 2 is 2.40 bits per heavy atom. The van der Waals surface area contributed by atoms with E-state index in [2.05, 4.69) is 16.1 Å². The summed E-state index contributed by atoms with van der Waals surface area (Å²) in [7, 11) is 1.52. The van der Waals surface area contributed by atoms with Crippen LogP contribution in [0.25, 0.3) is 0 Å². The van der Waals surface area contributed by atoms with Crippen LogP contribution in [-0.2, 0) is 14.3 Å². The molecule has 0 aromatic heterocycles. The van der Waals surface area contributed by atoms with Crippen molar-refractivity contribution in [1.29, 1.82) is 0 Å². The molecule has 0 aromatic carbocycles. The van der Waals surface area contributed by atoms with Crippen LogP contribution < -0.4 is 0 Å². The lowest BCUT2D eigenvalue weighted by Crippen LogP contribution is -1.98. The van der Waals surface area contributed by atoms with Crippen molar-refractivity contribution in [3.63, 3.8) is 0 Å². The fraction of sp³-hybridized carbons (Fsp3) is 0.286. The van der Waals surface area contributed by atoms with Gasteiger partial charge in [-0.25, -0.2) is 4.79 Å². The van der Waals surface area contributed by atoms with Crippen LogP contribution in [0.4, 0.5) is 0 Å². The number of ether oxygens (including phenoxy) is 2. The van der Waals surface area contributed by atoms with Gasteiger partial charge in [0.25, 0.3) is 0 Å². The molecule has 0 spiro atoms. The Balaban J connectivity index is 3.27. The van der Waals surface area contributed by atoms with Gasteiger partial charge >= 0.3 is 5.97 Å². The molecule has 0 fully saturated rings. The van der Waals surface area contributed by atoms with E-state index in [1.54, 1.807) is 6.08 Å². The normalized spacial score (nSPS) is 9.30. The van der Waals surface area contributed by atoms with Gasteiger partial charge in [0.1, 0.15) is 6.61 Å². The highest BCUT2D eigenvalue weighted by molar-refractivity contribution is 5.81. The molecule has 0 aliphatic rings. The topological polar surface area (TPSA) is 35.5 Å². The number of rotatable bonds is 4. The molecule has 10 heavy (non-hydrogen) atoms. The minimum absolute atomic E-state index is 0.221. The molecule has 0 aromatic rings. The summed E-state index contributed by atoms with van der Waals surface area (Å²) in [5.74, 6) is -0.430. The van der Waals surface area contributed by atoms with E-state index in [1.807, 2.05) is 0 Å². The quantitative estimate of drug-likeness (QED) is 0.332. The van der Waals surface area contributed by atoms with Crippen molar-refractivity contribution in [3.05, 3.63) is 25.0 Å². The van der Waals surface area contributed by atoms with Crippen LogP contribution in [0.5, 0.6) is 0 Å². The first-order valence-electron chi connectivity index (χ1n) is 2.78. The van der Waals surface area contributed by atoms with Gasteiger partial charge in [-0.2, -0.15) is 0 Å². The third kappa shape index (κ3) is 4.90. The lowest BCUT2D eigenvalue weighted by Gasteiger charge is -1.93. The maximum Gasteiger partial charge on any atom is 0.330 e. The summed E-state index contributed by atoms with van der Waals surface area (Å²) in [5, 5.41) is 0. The van der Waals surface area contributed by atoms with E-state index < -0.39 is 5.97 Å². The lowest BCUT2D eigenvalue weighted by atomic mass is 10.6. The van der Waals surface area contributed by atoms with Gasteiger partial charge in [-0.15, -0.1) is 0 Å². The fourth-order valence-corrected chi connectivity index (χ4v) is 0.325. The Morgan fingerprint density at radius 3 is 2.90 bits per heavy atom. The predicted molar refractivity (Wildman–Crippen MR) is 37.3 cm³/mol. The van der Waals surface area contributed by atoms with Crippen molar-refractivity contribution in [1.82, 2.24) is 0 Å². The zero-order valence-electron chi connectivity index (χ0n) is 5.87. The summed E-state index contributed by atoms with van der Waals surface area (Å²) in [6, 6.07) is 0. The molecule has 0 unspecified atom stereocenters. The zero-order valence-corrected chi connectivity index (χ0v) is 5.87. The number of hydrogen-bond acceptors (Lipinski definition) is 3. The van der Waals surface area contributed by atoms with Gasteiger partial charge < -0.3 is 9.47 Å². The Labute approximate surface area is 59.9 Å². The van der Waals surface area contributed by atoms with Crippen molar-refractivity contribution >= 4 is 5.97 Å². The highest BCUT2D eigenvalue weighted by Crippen LogP contribution is 1.80. The van der Waals surface area contributed by atoms with Crippen molar-refractivity contribution < 1.29 is 14.3 Å². The van der Waals surface area contributed by atoms with Crippen molar-refractivity contribution in [2.75, 3.05) is 13.7 Å². The van der Waals surface area contributed by atoms with Crippen LogP contribution in [-0.4, -0.2) is 19.7 Å². The first-order chi connectivity index (χ1) is 4.81. The summed E-state index contributed by atoms with van der Waals surface area (Å²) in [6.07, 6.45) is 4.14. The van der Waals surface area contributed by atoms with Gasteiger partial charge in [-0.3, -0.25) is 0 Å². The molecule has 3 nitrogen and oxygen atoms in total. The molecule has 0 amide bonds. The fourth-order valence-electron chi connectivity index (χ4n) is 0.325. The van der Waals surface area contributed by atoms with E-state index in [9.17, 15) is 4.79 Å². The molecular formula is C7H10O3. The van der Waals surface area contributed by atoms with Crippen LogP contribution >= 0.6 is 0 Å². The average molecular weight is 142 g/mol. The van der Waals surface area contributed by atoms with Gasteiger partial charge in [0.15, 0.2) is 0 Å². The van der Waals surface area contributed by atoms with E-state index >= 15 is 0 Å². The van der Waals surface area contributed by atoms with E-state index in [0.717, 1.165) is 6.08 Å². The second-order valence-corrected chi connectivity index (χ2v) is 1.44. The monoisotopic (exact) mass is 142 g/mol. The van der Waals surface area contributed by atoms with Crippen LogP contribution in [0.1, 0.15) is 0 Å². The molecule has 0 bridgehead atoms. The summed E-state index contributed by atoms with van der Waals surface area (Å²) in [5.41, 5.74) is 0. The van der Waals surface area contributed by atoms with Gasteiger partial charge in [-0.1, -0.05) is 6.58 Å². The first kappa shape index (κ1) is 8.75. The molecule has 0 heterocycles. The van der Waals surface area contributed by atoms with Gasteiger partial charge in [0, 0.05) is 6.08 Å². The number of carbonyl (C=O) groups excluding carboxylic acids is 1. The lowest BCUT2D eigenvalue weighted by molar-refractivity contribution is -0.136. The molecule has 0 N–H and O–H groups in total. The second-order valence-electron chi connectivity index (χ2n) is 1.44.